The lowest BCUT2D eigenvalue weighted by atomic mass is 10.0. The Morgan fingerprint density at radius 2 is 1.83 bits per heavy atom. The molecule has 30 heavy (non-hydrogen) atoms. The van der Waals surface area contributed by atoms with E-state index in [0.29, 0.717) is 17.1 Å². The minimum Gasteiger partial charge on any atom is -0.511 e. The molecule has 1 unspecified atom stereocenters. The quantitative estimate of drug-likeness (QED) is 0.385. The monoisotopic (exact) mass is 420 g/mol. The van der Waals surface area contributed by atoms with E-state index in [0.717, 1.165) is 24.3 Å². The van der Waals surface area contributed by atoms with Crippen LogP contribution in [-0.4, -0.2) is 22.9 Å². The van der Waals surface area contributed by atoms with Gasteiger partial charge in [-0.25, -0.2) is 0 Å². The van der Waals surface area contributed by atoms with E-state index in [1.54, 1.807) is 12.1 Å². The molecule has 2 aromatic carbocycles. The summed E-state index contributed by atoms with van der Waals surface area (Å²) in [5, 5.41) is 31.9. The van der Waals surface area contributed by atoms with Crippen LogP contribution in [0.15, 0.2) is 53.8 Å². The van der Waals surface area contributed by atoms with Gasteiger partial charge in [0.25, 0.3) is 5.91 Å². The maximum Gasteiger partial charge on any atom is 0.416 e. The van der Waals surface area contributed by atoms with Crippen LogP contribution in [0.5, 0.6) is 11.5 Å². The lowest BCUT2D eigenvalue weighted by Crippen LogP contribution is -2.16. The predicted octanol–water partition coefficient (Wildman–Crippen LogP) is 3.83. The Morgan fingerprint density at radius 3 is 2.47 bits per heavy atom. The fourth-order valence-electron chi connectivity index (χ4n) is 2.71. The molecule has 2 aromatic rings. The van der Waals surface area contributed by atoms with Crippen molar-refractivity contribution in [3.63, 3.8) is 0 Å². The number of ether oxygens (including phenoxy) is 2. The normalized spacial score (nSPS) is 14.5. The highest BCUT2D eigenvalue weighted by Gasteiger charge is 2.30. The van der Waals surface area contributed by atoms with Gasteiger partial charge >= 0.3 is 6.18 Å². The van der Waals surface area contributed by atoms with Crippen molar-refractivity contribution in [3.05, 3.63) is 64.9 Å². The molecule has 0 saturated carbocycles. The number of amides is 1. The Labute approximate surface area is 168 Å². The summed E-state index contributed by atoms with van der Waals surface area (Å²) in [5.41, 5.74) is -1.20. The summed E-state index contributed by atoms with van der Waals surface area (Å²) in [6, 6.07) is 9.75. The Bertz CT molecular complexity index is 1030. The first kappa shape index (κ1) is 21.0. The van der Waals surface area contributed by atoms with Crippen molar-refractivity contribution in [2.75, 3.05) is 12.1 Å². The van der Waals surface area contributed by atoms with Crippen LogP contribution in [0.2, 0.25) is 0 Å². The number of benzene rings is 2. The summed E-state index contributed by atoms with van der Waals surface area (Å²) in [5.74, 6) is -0.783. The molecule has 0 aliphatic carbocycles. The van der Waals surface area contributed by atoms with Crippen molar-refractivity contribution < 1.29 is 37.7 Å². The number of aliphatic hydroxyl groups excluding tert-OH is 2. The lowest BCUT2D eigenvalue weighted by molar-refractivity contribution is -0.137. The minimum atomic E-state index is -4.52. The summed E-state index contributed by atoms with van der Waals surface area (Å²) in [7, 11) is 0. The van der Waals surface area contributed by atoms with Crippen LogP contribution in [0, 0.1) is 11.3 Å². The molecule has 1 aliphatic rings. The molecule has 3 N–H and O–H groups in total. The number of hydrogen-bond donors (Lipinski definition) is 3. The summed E-state index contributed by atoms with van der Waals surface area (Å²) in [6.07, 6.45) is -6.21. The van der Waals surface area contributed by atoms with Crippen molar-refractivity contribution in [1.82, 2.24) is 0 Å². The maximum atomic E-state index is 12.6. The molecule has 0 spiro atoms. The Morgan fingerprint density at radius 1 is 1.17 bits per heavy atom. The largest absolute Gasteiger partial charge is 0.511 e. The lowest BCUT2D eigenvalue weighted by Gasteiger charge is -2.13. The van der Waals surface area contributed by atoms with Crippen LogP contribution in [0.4, 0.5) is 18.9 Å². The molecule has 1 aliphatic heterocycles. The standard InChI is InChI=1S/C20H15F3N2O5/c21-20(22,23)12-2-4-13(5-3-12)25-19(28)14(9-24)16(27)8-15(26)11-1-6-17-18(7-11)30-10-29-17/h1-7,15,26-27H,8,10H2,(H,25,28)/b16-14-. The number of nitrogens with one attached hydrogen (secondary N) is 1. The SMILES string of the molecule is N#C/C(C(=O)Nc1ccc(C(F)(F)F)cc1)=C(/O)CC(O)c1ccc2c(c1)OCO2. The van der Waals surface area contributed by atoms with E-state index in [2.05, 4.69) is 5.32 Å². The van der Waals surface area contributed by atoms with Gasteiger partial charge in [-0.1, -0.05) is 6.07 Å². The Balaban J connectivity index is 1.71. The number of nitrogens with zero attached hydrogens (tertiary/aromatic N) is 1. The van der Waals surface area contributed by atoms with Crippen molar-refractivity contribution in [2.24, 2.45) is 0 Å². The molecule has 1 amide bonds. The van der Waals surface area contributed by atoms with E-state index in [4.69, 9.17) is 9.47 Å². The van der Waals surface area contributed by atoms with Gasteiger partial charge in [0.1, 0.15) is 11.8 Å². The van der Waals surface area contributed by atoms with E-state index in [1.165, 1.54) is 12.1 Å². The fraction of sp³-hybridized carbons (Fsp3) is 0.200. The number of nitriles is 1. The Kier molecular flexibility index (Phi) is 5.84. The predicted molar refractivity (Wildman–Crippen MR) is 97.5 cm³/mol. The first-order valence-electron chi connectivity index (χ1n) is 8.57. The molecule has 156 valence electrons. The van der Waals surface area contributed by atoms with Gasteiger partial charge in [0, 0.05) is 12.1 Å². The number of anilines is 1. The number of carbonyl (C=O) groups is 1. The smallest absolute Gasteiger partial charge is 0.416 e. The van der Waals surface area contributed by atoms with Gasteiger partial charge in [0.05, 0.1) is 11.7 Å². The second-order valence-electron chi connectivity index (χ2n) is 6.30. The van der Waals surface area contributed by atoms with Gasteiger partial charge in [-0.15, -0.1) is 0 Å². The van der Waals surface area contributed by atoms with E-state index in [-0.39, 0.29) is 12.5 Å². The first-order valence-corrected chi connectivity index (χ1v) is 8.57. The van der Waals surface area contributed by atoms with Crippen molar-refractivity contribution in [3.8, 4) is 17.6 Å². The zero-order valence-electron chi connectivity index (χ0n) is 15.2. The van der Waals surface area contributed by atoms with Crippen LogP contribution < -0.4 is 14.8 Å². The van der Waals surface area contributed by atoms with E-state index in [9.17, 15) is 33.4 Å². The molecule has 1 heterocycles. The van der Waals surface area contributed by atoms with Crippen LogP contribution >= 0.6 is 0 Å². The van der Waals surface area contributed by atoms with Crippen LogP contribution in [0.25, 0.3) is 0 Å². The second-order valence-corrected chi connectivity index (χ2v) is 6.30. The summed E-state index contributed by atoms with van der Waals surface area (Å²) < 4.78 is 48.2. The van der Waals surface area contributed by atoms with Gasteiger partial charge in [-0.2, -0.15) is 18.4 Å². The van der Waals surface area contributed by atoms with Gasteiger partial charge in [-0.05, 0) is 42.0 Å². The molecular weight excluding hydrogens is 405 g/mol. The van der Waals surface area contributed by atoms with Crippen LogP contribution in [0.3, 0.4) is 0 Å². The van der Waals surface area contributed by atoms with Crippen molar-refractivity contribution in [2.45, 2.75) is 18.7 Å². The average molecular weight is 420 g/mol. The third-order valence-corrected chi connectivity index (χ3v) is 4.27. The molecule has 0 bridgehead atoms. The van der Waals surface area contributed by atoms with Gasteiger partial charge < -0.3 is 25.0 Å². The third kappa shape index (κ3) is 4.64. The third-order valence-electron chi connectivity index (χ3n) is 4.27. The second kappa shape index (κ2) is 8.34. The number of halogens is 3. The molecule has 0 saturated heterocycles. The molecule has 0 fully saturated rings. The molecule has 1 atom stereocenters. The van der Waals surface area contributed by atoms with Crippen molar-refractivity contribution >= 4 is 11.6 Å². The van der Waals surface area contributed by atoms with E-state index >= 15 is 0 Å². The minimum absolute atomic E-state index is 0.00451. The van der Waals surface area contributed by atoms with E-state index < -0.39 is 41.5 Å². The average Bonchev–Trinajstić information content (AvgIpc) is 3.16. The number of carbonyl (C=O) groups excluding carboxylic acids is 1. The topological polar surface area (TPSA) is 112 Å². The molecule has 10 heteroatoms. The first-order chi connectivity index (χ1) is 14.2. The maximum absolute atomic E-state index is 12.6. The van der Waals surface area contributed by atoms with Gasteiger partial charge in [0.15, 0.2) is 17.1 Å². The summed E-state index contributed by atoms with van der Waals surface area (Å²) >= 11 is 0. The van der Waals surface area contributed by atoms with Gasteiger partial charge in [-0.3, -0.25) is 4.79 Å². The van der Waals surface area contributed by atoms with Crippen LogP contribution in [-0.2, 0) is 11.0 Å². The van der Waals surface area contributed by atoms with E-state index in [1.807, 2.05) is 0 Å². The van der Waals surface area contributed by atoms with Crippen molar-refractivity contribution in [1.29, 1.82) is 5.26 Å². The number of aliphatic hydroxyl groups is 2. The summed E-state index contributed by atoms with van der Waals surface area (Å²) in [6.45, 7) is 0.0444. The van der Waals surface area contributed by atoms with Crippen LogP contribution in [0.1, 0.15) is 23.7 Å². The number of alkyl halides is 3. The van der Waals surface area contributed by atoms with Gasteiger partial charge in [0.2, 0.25) is 6.79 Å². The highest BCUT2D eigenvalue weighted by molar-refractivity contribution is 6.06. The fourth-order valence-corrected chi connectivity index (χ4v) is 2.71. The molecule has 7 nitrogen and oxygen atoms in total. The number of rotatable bonds is 5. The molecule has 0 radical (unpaired) electrons. The highest BCUT2D eigenvalue weighted by atomic mass is 19.4. The highest BCUT2D eigenvalue weighted by Crippen LogP contribution is 2.35. The summed E-state index contributed by atoms with van der Waals surface area (Å²) in [4.78, 5) is 12.2. The zero-order chi connectivity index (χ0) is 21.9. The molecule has 0 aromatic heterocycles. The number of hydrogen-bond acceptors (Lipinski definition) is 6. The molecule has 3 rings (SSSR count). The zero-order valence-corrected chi connectivity index (χ0v) is 15.2. The Hall–Kier alpha value is -3.71. The number of fused-ring (bicyclic) bond motifs is 1. The molecular formula is C20H15F3N2O5.